The van der Waals surface area contributed by atoms with E-state index in [0.29, 0.717) is 0 Å². The number of ether oxygens (including phenoxy) is 1. The Bertz CT molecular complexity index is 1030. The monoisotopic (exact) mass is 356 g/mol. The number of fused-ring (bicyclic) bond motifs is 3. The smallest absolute Gasteiger partial charge is 0.217 e. The van der Waals surface area contributed by atoms with Crippen molar-refractivity contribution in [2.75, 3.05) is 0 Å². The zero-order chi connectivity index (χ0) is 18.4. The fourth-order valence-electron chi connectivity index (χ4n) is 3.86. The third-order valence-electron chi connectivity index (χ3n) is 5.29. The average molecular weight is 356 g/mol. The molecule has 2 atom stereocenters. The summed E-state index contributed by atoms with van der Waals surface area (Å²) >= 11 is 0. The number of para-hydroxylation sites is 2. The Kier molecular flexibility index (Phi) is 3.64. The van der Waals surface area contributed by atoms with E-state index in [1.165, 1.54) is 5.56 Å². The molecule has 4 nitrogen and oxygen atoms in total. The van der Waals surface area contributed by atoms with Crippen molar-refractivity contribution in [1.29, 1.82) is 0 Å². The van der Waals surface area contributed by atoms with Crippen LogP contribution in [0.1, 0.15) is 40.9 Å². The number of benzene rings is 3. The second-order valence-electron chi connectivity index (χ2n) is 7.08. The molecule has 0 aliphatic carbocycles. The van der Waals surface area contributed by atoms with Gasteiger partial charge in [0, 0.05) is 12.0 Å². The van der Waals surface area contributed by atoms with Crippen LogP contribution in [0.5, 0.6) is 11.5 Å². The molecule has 2 aliphatic heterocycles. The van der Waals surface area contributed by atoms with Gasteiger partial charge in [-0.25, -0.2) is 5.01 Å². The molecule has 0 fully saturated rings. The predicted octanol–water partition coefficient (Wildman–Crippen LogP) is 4.94. The van der Waals surface area contributed by atoms with Crippen molar-refractivity contribution in [1.82, 2.24) is 5.01 Å². The highest BCUT2D eigenvalue weighted by Crippen LogP contribution is 2.48. The normalized spacial score (nSPS) is 20.5. The van der Waals surface area contributed by atoms with Crippen LogP contribution in [0.3, 0.4) is 0 Å². The van der Waals surface area contributed by atoms with Crippen LogP contribution >= 0.6 is 0 Å². The predicted molar refractivity (Wildman–Crippen MR) is 105 cm³/mol. The zero-order valence-electron chi connectivity index (χ0n) is 15.0. The lowest BCUT2D eigenvalue weighted by Gasteiger charge is -2.38. The second kappa shape index (κ2) is 6.16. The molecule has 4 heteroatoms. The quantitative estimate of drug-likeness (QED) is 0.707. The molecule has 0 bridgehead atoms. The van der Waals surface area contributed by atoms with Crippen molar-refractivity contribution in [3.63, 3.8) is 0 Å². The Morgan fingerprint density at radius 2 is 1.63 bits per heavy atom. The number of aryl methyl sites for hydroxylation is 1. The van der Waals surface area contributed by atoms with Gasteiger partial charge in [-0.2, -0.15) is 5.10 Å². The zero-order valence-corrected chi connectivity index (χ0v) is 15.0. The van der Waals surface area contributed by atoms with Crippen LogP contribution in [0.15, 0.2) is 77.9 Å². The molecule has 0 saturated carbocycles. The van der Waals surface area contributed by atoms with E-state index >= 15 is 0 Å². The minimum Gasteiger partial charge on any atom is -0.507 e. The number of hydrogen-bond acceptors (Lipinski definition) is 4. The first-order valence-electron chi connectivity index (χ1n) is 9.17. The van der Waals surface area contributed by atoms with Crippen LogP contribution in [0.2, 0.25) is 0 Å². The highest BCUT2D eigenvalue weighted by atomic mass is 16.5. The molecular weight excluding hydrogens is 336 g/mol. The second-order valence-corrected chi connectivity index (χ2v) is 7.08. The number of hydrogen-bond donors (Lipinski definition) is 1. The molecule has 1 N–H and O–H groups in total. The van der Waals surface area contributed by atoms with Gasteiger partial charge in [0.2, 0.25) is 6.23 Å². The summed E-state index contributed by atoms with van der Waals surface area (Å²) in [7, 11) is 0. The standard InChI is InChI=1S/C23H20N2O2/c1-15-10-12-16(13-11-15)19-14-20-17-6-3-5-9-22(17)27-23(25(20)24-19)18-7-2-4-8-21(18)26/h2-13,20,23,26H,14H2,1H3/t20-,23+/m1/s1. The van der Waals surface area contributed by atoms with Crippen molar-refractivity contribution in [2.24, 2.45) is 5.10 Å². The van der Waals surface area contributed by atoms with Gasteiger partial charge in [-0.15, -0.1) is 0 Å². The highest BCUT2D eigenvalue weighted by molar-refractivity contribution is 6.02. The van der Waals surface area contributed by atoms with Crippen LogP contribution in [-0.2, 0) is 0 Å². The van der Waals surface area contributed by atoms with E-state index in [-0.39, 0.29) is 11.8 Å². The molecule has 0 unspecified atom stereocenters. The van der Waals surface area contributed by atoms with E-state index < -0.39 is 6.23 Å². The van der Waals surface area contributed by atoms with Gasteiger partial charge in [0.15, 0.2) is 0 Å². The van der Waals surface area contributed by atoms with Crippen LogP contribution in [0.4, 0.5) is 0 Å². The van der Waals surface area contributed by atoms with Gasteiger partial charge in [0.1, 0.15) is 11.5 Å². The molecule has 2 heterocycles. The molecule has 0 radical (unpaired) electrons. The molecule has 3 aromatic rings. The molecule has 0 saturated heterocycles. The summed E-state index contributed by atoms with van der Waals surface area (Å²) in [4.78, 5) is 0. The molecular formula is C23H20N2O2. The largest absolute Gasteiger partial charge is 0.507 e. The van der Waals surface area contributed by atoms with Crippen molar-refractivity contribution in [3.05, 3.63) is 95.1 Å². The summed E-state index contributed by atoms with van der Waals surface area (Å²) in [6.07, 6.45) is 0.363. The first-order valence-corrected chi connectivity index (χ1v) is 9.17. The van der Waals surface area contributed by atoms with Crippen LogP contribution in [0, 0.1) is 6.92 Å². The maximum atomic E-state index is 10.4. The molecule has 3 aromatic carbocycles. The minimum absolute atomic E-state index is 0.0934. The SMILES string of the molecule is Cc1ccc(C2=NN3[C@H](C2)c2ccccc2O[C@H]3c2ccccc2O)cc1. The maximum absolute atomic E-state index is 10.4. The van der Waals surface area contributed by atoms with E-state index in [0.717, 1.165) is 34.6 Å². The number of hydrazone groups is 1. The molecule has 134 valence electrons. The number of nitrogens with zero attached hydrogens (tertiary/aromatic N) is 2. The van der Waals surface area contributed by atoms with Crippen molar-refractivity contribution in [3.8, 4) is 11.5 Å². The Morgan fingerprint density at radius 3 is 2.41 bits per heavy atom. The molecule has 2 aliphatic rings. The average Bonchev–Trinajstić information content (AvgIpc) is 3.14. The van der Waals surface area contributed by atoms with E-state index in [9.17, 15) is 5.11 Å². The topological polar surface area (TPSA) is 45.1 Å². The lowest BCUT2D eigenvalue weighted by molar-refractivity contribution is -0.0203. The Hall–Kier alpha value is -3.27. The van der Waals surface area contributed by atoms with Gasteiger partial charge >= 0.3 is 0 Å². The van der Waals surface area contributed by atoms with Crippen LogP contribution in [0.25, 0.3) is 0 Å². The maximum Gasteiger partial charge on any atom is 0.217 e. The van der Waals surface area contributed by atoms with Crippen molar-refractivity contribution in [2.45, 2.75) is 25.6 Å². The van der Waals surface area contributed by atoms with E-state index in [2.05, 4.69) is 37.3 Å². The Labute approximate surface area is 158 Å². The van der Waals surface area contributed by atoms with Gasteiger partial charge in [0.25, 0.3) is 0 Å². The summed E-state index contributed by atoms with van der Waals surface area (Å²) in [5.41, 5.74) is 5.26. The van der Waals surface area contributed by atoms with Gasteiger partial charge in [-0.1, -0.05) is 60.2 Å². The third kappa shape index (κ3) is 2.65. The summed E-state index contributed by atoms with van der Waals surface area (Å²) in [6.45, 7) is 2.09. The van der Waals surface area contributed by atoms with E-state index in [4.69, 9.17) is 9.84 Å². The molecule has 0 aromatic heterocycles. The van der Waals surface area contributed by atoms with Crippen LogP contribution in [-0.4, -0.2) is 15.8 Å². The summed E-state index contributed by atoms with van der Waals surface area (Å²) in [6, 6.07) is 24.0. The van der Waals surface area contributed by atoms with Gasteiger partial charge in [-0.05, 0) is 30.7 Å². The minimum atomic E-state index is -0.450. The summed E-state index contributed by atoms with van der Waals surface area (Å²) < 4.78 is 6.27. The van der Waals surface area contributed by atoms with Gasteiger partial charge in [0.05, 0.1) is 17.3 Å². The van der Waals surface area contributed by atoms with Gasteiger partial charge < -0.3 is 9.84 Å². The number of rotatable bonds is 2. The summed E-state index contributed by atoms with van der Waals surface area (Å²) in [5, 5.41) is 17.3. The number of phenolic OH excluding ortho intramolecular Hbond substituents is 1. The summed E-state index contributed by atoms with van der Waals surface area (Å²) in [5.74, 6) is 1.08. The fourth-order valence-corrected chi connectivity index (χ4v) is 3.86. The molecule has 5 rings (SSSR count). The van der Waals surface area contributed by atoms with Crippen LogP contribution < -0.4 is 4.74 Å². The third-order valence-corrected chi connectivity index (χ3v) is 5.29. The van der Waals surface area contributed by atoms with Crippen molar-refractivity contribution < 1.29 is 9.84 Å². The van der Waals surface area contributed by atoms with E-state index in [1.807, 2.05) is 41.4 Å². The number of phenols is 1. The van der Waals surface area contributed by atoms with E-state index in [1.54, 1.807) is 6.07 Å². The first-order chi connectivity index (χ1) is 13.2. The molecule has 0 amide bonds. The number of aromatic hydroxyl groups is 1. The molecule has 27 heavy (non-hydrogen) atoms. The Morgan fingerprint density at radius 1 is 0.926 bits per heavy atom. The highest BCUT2D eigenvalue weighted by Gasteiger charge is 2.41. The fraction of sp³-hybridized carbons (Fsp3) is 0.174. The lowest BCUT2D eigenvalue weighted by Crippen LogP contribution is -2.33. The lowest BCUT2D eigenvalue weighted by atomic mass is 9.95. The Balaban J connectivity index is 1.61. The first kappa shape index (κ1) is 15.9. The molecule has 0 spiro atoms. The van der Waals surface area contributed by atoms with Gasteiger partial charge in [-0.3, -0.25) is 0 Å². The van der Waals surface area contributed by atoms with Crippen molar-refractivity contribution >= 4 is 5.71 Å².